The average Bonchev–Trinajstić information content (AvgIpc) is 2.24. The number of hydrogen-bond donors (Lipinski definition) is 0. The SMILES string of the molecule is CCCc1ccc(C(C)(C)C)c(C(C)(C)C)c1C(C)(C)C. The van der Waals surface area contributed by atoms with Crippen LogP contribution in [-0.2, 0) is 22.7 Å². The van der Waals surface area contributed by atoms with Crippen molar-refractivity contribution < 1.29 is 0 Å². The van der Waals surface area contributed by atoms with E-state index in [0.29, 0.717) is 0 Å². The largest absolute Gasteiger partial charge is 0.0651 e. The zero-order valence-corrected chi connectivity index (χ0v) is 16.1. The van der Waals surface area contributed by atoms with Gasteiger partial charge in [-0.2, -0.15) is 0 Å². The molecule has 0 aliphatic carbocycles. The lowest BCUT2D eigenvalue weighted by atomic mass is 9.67. The minimum Gasteiger partial charge on any atom is -0.0651 e. The van der Waals surface area contributed by atoms with Gasteiger partial charge in [0.05, 0.1) is 0 Å². The van der Waals surface area contributed by atoms with Gasteiger partial charge in [0.15, 0.2) is 0 Å². The minimum absolute atomic E-state index is 0.176. The van der Waals surface area contributed by atoms with Crippen LogP contribution in [0.2, 0.25) is 0 Å². The van der Waals surface area contributed by atoms with E-state index in [9.17, 15) is 0 Å². The molecule has 0 heterocycles. The highest BCUT2D eigenvalue weighted by Gasteiger charge is 2.32. The predicted molar refractivity (Wildman–Crippen MR) is 96.5 cm³/mol. The summed E-state index contributed by atoms with van der Waals surface area (Å²) in [6.07, 6.45) is 2.39. The van der Waals surface area contributed by atoms with Gasteiger partial charge in [-0.15, -0.1) is 0 Å². The summed E-state index contributed by atoms with van der Waals surface area (Å²) in [6, 6.07) is 4.78. The molecule has 0 amide bonds. The maximum atomic E-state index is 2.39. The van der Waals surface area contributed by atoms with Crippen LogP contribution in [0.15, 0.2) is 12.1 Å². The third-order valence-electron chi connectivity index (χ3n) is 4.12. The van der Waals surface area contributed by atoms with Crippen molar-refractivity contribution in [3.05, 3.63) is 34.4 Å². The summed E-state index contributed by atoms with van der Waals surface area (Å²) in [5, 5.41) is 0. The van der Waals surface area contributed by atoms with E-state index in [1.54, 1.807) is 16.7 Å². The van der Waals surface area contributed by atoms with Gasteiger partial charge in [0.25, 0.3) is 0 Å². The fourth-order valence-electron chi connectivity index (χ4n) is 3.38. The molecule has 0 aliphatic heterocycles. The molecule has 1 aromatic rings. The monoisotopic (exact) mass is 288 g/mol. The molecule has 0 aromatic heterocycles. The van der Waals surface area contributed by atoms with Crippen LogP contribution in [0.1, 0.15) is 97.9 Å². The smallest absolute Gasteiger partial charge is 0.0126 e. The standard InChI is InChI=1S/C21H36/c1-11-12-15-13-14-16(19(2,3)4)18(21(8,9)10)17(15)20(5,6)7/h13-14H,11-12H2,1-10H3. The Morgan fingerprint density at radius 1 is 0.667 bits per heavy atom. The molecule has 0 saturated carbocycles. The summed E-state index contributed by atoms with van der Waals surface area (Å²) >= 11 is 0. The van der Waals surface area contributed by atoms with Crippen molar-refractivity contribution in [3.8, 4) is 0 Å². The Morgan fingerprint density at radius 3 is 1.48 bits per heavy atom. The Labute approximate surface area is 133 Å². The fourth-order valence-corrected chi connectivity index (χ4v) is 3.38. The Hall–Kier alpha value is -0.780. The van der Waals surface area contributed by atoms with Gasteiger partial charge >= 0.3 is 0 Å². The van der Waals surface area contributed by atoms with Crippen LogP contribution in [0.25, 0.3) is 0 Å². The van der Waals surface area contributed by atoms with Crippen molar-refractivity contribution in [2.24, 2.45) is 0 Å². The molecule has 0 saturated heterocycles. The summed E-state index contributed by atoms with van der Waals surface area (Å²) in [7, 11) is 0. The topological polar surface area (TPSA) is 0 Å². The maximum Gasteiger partial charge on any atom is -0.0126 e. The molecule has 1 rings (SSSR count). The molecule has 0 aliphatic rings. The average molecular weight is 289 g/mol. The Morgan fingerprint density at radius 2 is 1.14 bits per heavy atom. The first-order valence-corrected chi connectivity index (χ1v) is 8.47. The Balaban J connectivity index is 3.84. The molecule has 0 bridgehead atoms. The van der Waals surface area contributed by atoms with Gasteiger partial charge in [-0.3, -0.25) is 0 Å². The third-order valence-corrected chi connectivity index (χ3v) is 4.12. The number of rotatable bonds is 2. The molecule has 0 nitrogen and oxygen atoms in total. The minimum atomic E-state index is 0.176. The van der Waals surface area contributed by atoms with Crippen LogP contribution >= 0.6 is 0 Å². The van der Waals surface area contributed by atoms with Gasteiger partial charge in [-0.25, -0.2) is 0 Å². The van der Waals surface area contributed by atoms with Crippen LogP contribution in [0.5, 0.6) is 0 Å². The molecule has 21 heavy (non-hydrogen) atoms. The van der Waals surface area contributed by atoms with E-state index in [1.165, 1.54) is 18.4 Å². The van der Waals surface area contributed by atoms with Gasteiger partial charge in [0.2, 0.25) is 0 Å². The third kappa shape index (κ3) is 4.11. The highest BCUT2D eigenvalue weighted by Crippen LogP contribution is 2.42. The van der Waals surface area contributed by atoms with E-state index >= 15 is 0 Å². The molecular weight excluding hydrogens is 252 g/mol. The molecule has 0 unspecified atom stereocenters. The van der Waals surface area contributed by atoms with Gasteiger partial charge in [0.1, 0.15) is 0 Å². The van der Waals surface area contributed by atoms with Gasteiger partial charge in [-0.1, -0.05) is 87.8 Å². The molecule has 0 N–H and O–H groups in total. The van der Waals surface area contributed by atoms with E-state index in [2.05, 4.69) is 81.4 Å². The van der Waals surface area contributed by atoms with Crippen molar-refractivity contribution >= 4 is 0 Å². The second kappa shape index (κ2) is 5.78. The summed E-state index contributed by atoms with van der Waals surface area (Å²) in [6.45, 7) is 23.5. The van der Waals surface area contributed by atoms with E-state index in [-0.39, 0.29) is 16.2 Å². The molecule has 0 heteroatoms. The number of aryl methyl sites for hydroxylation is 1. The summed E-state index contributed by atoms with van der Waals surface area (Å²) in [5.41, 5.74) is 6.77. The quantitative estimate of drug-likeness (QED) is 0.580. The second-order valence-corrected chi connectivity index (χ2v) is 9.52. The van der Waals surface area contributed by atoms with Crippen molar-refractivity contribution in [1.82, 2.24) is 0 Å². The lowest BCUT2D eigenvalue weighted by Gasteiger charge is -2.38. The normalized spacial score (nSPS) is 13.6. The summed E-state index contributed by atoms with van der Waals surface area (Å²) in [4.78, 5) is 0. The predicted octanol–water partition coefficient (Wildman–Crippen LogP) is 6.53. The molecule has 0 spiro atoms. The van der Waals surface area contributed by atoms with Crippen LogP contribution in [0, 0.1) is 0 Å². The zero-order valence-electron chi connectivity index (χ0n) is 16.1. The zero-order chi connectivity index (χ0) is 16.6. The lowest BCUT2D eigenvalue weighted by Crippen LogP contribution is -2.29. The van der Waals surface area contributed by atoms with E-state index in [0.717, 1.165) is 0 Å². The number of benzene rings is 1. The van der Waals surface area contributed by atoms with Crippen LogP contribution in [-0.4, -0.2) is 0 Å². The van der Waals surface area contributed by atoms with Gasteiger partial charge in [-0.05, 0) is 44.9 Å². The van der Waals surface area contributed by atoms with Crippen LogP contribution in [0.3, 0.4) is 0 Å². The molecule has 120 valence electrons. The van der Waals surface area contributed by atoms with E-state index < -0.39 is 0 Å². The Kier molecular flexibility index (Phi) is 5.03. The van der Waals surface area contributed by atoms with E-state index in [1.807, 2.05) is 0 Å². The second-order valence-electron chi connectivity index (χ2n) is 9.52. The molecule has 0 radical (unpaired) electrons. The highest BCUT2D eigenvalue weighted by atomic mass is 14.4. The van der Waals surface area contributed by atoms with Crippen molar-refractivity contribution in [1.29, 1.82) is 0 Å². The summed E-state index contributed by atoms with van der Waals surface area (Å²) in [5.74, 6) is 0. The maximum absolute atomic E-state index is 2.39. The highest BCUT2D eigenvalue weighted by molar-refractivity contribution is 5.50. The molecule has 0 atom stereocenters. The van der Waals surface area contributed by atoms with Crippen molar-refractivity contribution in [3.63, 3.8) is 0 Å². The first-order chi connectivity index (χ1) is 9.30. The lowest BCUT2D eigenvalue weighted by molar-refractivity contribution is 0.493. The molecule has 0 fully saturated rings. The van der Waals surface area contributed by atoms with Gasteiger partial charge < -0.3 is 0 Å². The van der Waals surface area contributed by atoms with Gasteiger partial charge in [0, 0.05) is 0 Å². The van der Waals surface area contributed by atoms with E-state index in [4.69, 9.17) is 0 Å². The summed E-state index contributed by atoms with van der Waals surface area (Å²) < 4.78 is 0. The van der Waals surface area contributed by atoms with Crippen LogP contribution < -0.4 is 0 Å². The fraction of sp³-hybridized carbons (Fsp3) is 0.714. The first kappa shape index (κ1) is 18.3. The van der Waals surface area contributed by atoms with Crippen molar-refractivity contribution in [2.45, 2.75) is 98.3 Å². The molecular formula is C21H36. The van der Waals surface area contributed by atoms with Crippen molar-refractivity contribution in [2.75, 3.05) is 0 Å². The first-order valence-electron chi connectivity index (χ1n) is 8.47. The number of hydrogen-bond acceptors (Lipinski definition) is 0. The Bertz CT molecular complexity index is 484. The molecule has 1 aromatic carbocycles. The van der Waals surface area contributed by atoms with Crippen LogP contribution in [0.4, 0.5) is 0 Å².